The molecule has 0 spiro atoms. The Hall–Kier alpha value is -2.62. The fourth-order valence-electron chi connectivity index (χ4n) is 1.82. The van der Waals surface area contributed by atoms with Gasteiger partial charge in [-0.1, -0.05) is 36.4 Å². The number of carbonyl (C=O) groups excluding carboxylic acids is 1. The Labute approximate surface area is 110 Å². The zero-order valence-corrected chi connectivity index (χ0v) is 10.2. The Kier molecular flexibility index (Phi) is 2.98. The molecular formula is C15H12N2O2. The van der Waals surface area contributed by atoms with Crippen molar-refractivity contribution in [3.05, 3.63) is 53.7 Å². The van der Waals surface area contributed by atoms with Crippen LogP contribution in [-0.4, -0.2) is 17.5 Å². The van der Waals surface area contributed by atoms with Crippen molar-refractivity contribution >= 4 is 23.7 Å². The molecule has 1 aliphatic rings. The summed E-state index contributed by atoms with van der Waals surface area (Å²) in [7, 11) is 0. The van der Waals surface area contributed by atoms with Crippen molar-refractivity contribution in [1.29, 1.82) is 0 Å². The van der Waals surface area contributed by atoms with Crippen LogP contribution in [0.3, 0.4) is 0 Å². The first-order valence-electron chi connectivity index (χ1n) is 5.98. The number of hydrogen-bond donors (Lipinski definition) is 1. The third kappa shape index (κ3) is 2.63. The molecule has 1 aromatic carbocycles. The lowest BCUT2D eigenvalue weighted by atomic mass is 10.2. The van der Waals surface area contributed by atoms with Gasteiger partial charge in [0.25, 0.3) is 5.91 Å². The van der Waals surface area contributed by atoms with Gasteiger partial charge in [-0.3, -0.25) is 4.79 Å². The summed E-state index contributed by atoms with van der Waals surface area (Å²) in [5, 5.41) is 2.71. The van der Waals surface area contributed by atoms with E-state index in [-0.39, 0.29) is 12.5 Å². The molecule has 2 heterocycles. The highest BCUT2D eigenvalue weighted by Gasteiger charge is 2.16. The second-order valence-corrected chi connectivity index (χ2v) is 4.17. The molecule has 0 unspecified atom stereocenters. The summed E-state index contributed by atoms with van der Waals surface area (Å²) in [4.78, 5) is 15.5. The van der Waals surface area contributed by atoms with E-state index in [1.807, 2.05) is 48.6 Å². The fraction of sp³-hybridized carbons (Fsp3) is 0.0667. The minimum Gasteiger partial charge on any atom is -0.466 e. The predicted octanol–water partition coefficient (Wildman–Crippen LogP) is 2.58. The van der Waals surface area contributed by atoms with Crippen molar-refractivity contribution in [2.24, 2.45) is 0 Å². The molecule has 1 N–H and O–H groups in total. The van der Waals surface area contributed by atoms with Gasteiger partial charge in [0, 0.05) is 0 Å². The highest BCUT2D eigenvalue weighted by atomic mass is 16.5. The second kappa shape index (κ2) is 4.94. The summed E-state index contributed by atoms with van der Waals surface area (Å²) in [6, 6.07) is 13.6. The first kappa shape index (κ1) is 11.5. The lowest BCUT2D eigenvalue weighted by Crippen LogP contribution is -2.26. The molecular weight excluding hydrogens is 240 g/mol. The van der Waals surface area contributed by atoms with Crippen molar-refractivity contribution in [1.82, 2.24) is 4.98 Å². The number of benzene rings is 1. The van der Waals surface area contributed by atoms with Gasteiger partial charge in [-0.2, -0.15) is 0 Å². The average Bonchev–Trinajstić information content (AvgIpc) is 2.46. The number of rotatable bonds is 2. The van der Waals surface area contributed by atoms with Crippen LogP contribution in [0.1, 0.15) is 11.3 Å². The number of ether oxygens (including phenoxy) is 1. The zero-order chi connectivity index (χ0) is 13.1. The summed E-state index contributed by atoms with van der Waals surface area (Å²) in [6.45, 7) is 0.0197. The van der Waals surface area contributed by atoms with Crippen LogP contribution in [0.25, 0.3) is 12.2 Å². The van der Waals surface area contributed by atoms with Crippen LogP contribution in [-0.2, 0) is 4.79 Å². The van der Waals surface area contributed by atoms with Crippen LogP contribution in [0.15, 0.2) is 42.5 Å². The maximum Gasteiger partial charge on any atom is 0.262 e. The summed E-state index contributed by atoms with van der Waals surface area (Å²) < 4.78 is 5.27. The highest BCUT2D eigenvalue weighted by molar-refractivity contribution is 5.95. The SMILES string of the molecule is O=C1COc2nc(C=Cc3ccccc3)ccc2N1. The molecule has 0 radical (unpaired) electrons. The number of aromatic nitrogens is 1. The summed E-state index contributed by atoms with van der Waals surface area (Å²) in [5.41, 5.74) is 2.52. The fourth-order valence-corrected chi connectivity index (χ4v) is 1.82. The summed E-state index contributed by atoms with van der Waals surface area (Å²) >= 11 is 0. The third-order valence-electron chi connectivity index (χ3n) is 2.74. The molecule has 1 amide bonds. The van der Waals surface area contributed by atoms with Gasteiger partial charge in [0.1, 0.15) is 5.69 Å². The zero-order valence-electron chi connectivity index (χ0n) is 10.2. The first-order valence-corrected chi connectivity index (χ1v) is 5.98. The maximum atomic E-state index is 11.1. The highest BCUT2D eigenvalue weighted by Crippen LogP contribution is 2.25. The lowest BCUT2D eigenvalue weighted by molar-refractivity contribution is -0.118. The Bertz CT molecular complexity index is 636. The number of hydrogen-bond acceptors (Lipinski definition) is 3. The van der Waals surface area contributed by atoms with Crippen molar-refractivity contribution < 1.29 is 9.53 Å². The Morgan fingerprint density at radius 1 is 1.11 bits per heavy atom. The number of carbonyl (C=O) groups is 1. The van der Waals surface area contributed by atoms with Gasteiger partial charge in [-0.15, -0.1) is 0 Å². The molecule has 0 aliphatic carbocycles. The summed E-state index contributed by atoms with van der Waals surface area (Å²) in [5.74, 6) is 0.316. The molecule has 4 nitrogen and oxygen atoms in total. The molecule has 3 rings (SSSR count). The minimum atomic E-state index is -0.151. The Balaban J connectivity index is 1.83. The van der Waals surface area contributed by atoms with Gasteiger partial charge >= 0.3 is 0 Å². The molecule has 0 saturated carbocycles. The number of pyridine rings is 1. The first-order chi connectivity index (χ1) is 9.31. The van der Waals surface area contributed by atoms with E-state index in [0.29, 0.717) is 11.6 Å². The minimum absolute atomic E-state index is 0.0197. The monoisotopic (exact) mass is 252 g/mol. The largest absolute Gasteiger partial charge is 0.466 e. The van der Waals surface area contributed by atoms with Crippen LogP contribution < -0.4 is 10.1 Å². The molecule has 0 fully saturated rings. The van der Waals surface area contributed by atoms with E-state index in [4.69, 9.17) is 4.74 Å². The van der Waals surface area contributed by atoms with E-state index >= 15 is 0 Å². The van der Waals surface area contributed by atoms with Gasteiger partial charge in [0.05, 0.1) is 5.69 Å². The number of nitrogens with one attached hydrogen (secondary N) is 1. The number of fused-ring (bicyclic) bond motifs is 1. The standard InChI is InChI=1S/C15H12N2O2/c18-14-10-19-15-13(17-14)9-8-12(16-15)7-6-11-4-2-1-3-5-11/h1-9H,10H2,(H,17,18). The van der Waals surface area contributed by atoms with E-state index in [1.54, 1.807) is 6.07 Å². The van der Waals surface area contributed by atoms with Gasteiger partial charge < -0.3 is 10.1 Å². The van der Waals surface area contributed by atoms with Crippen LogP contribution in [0, 0.1) is 0 Å². The van der Waals surface area contributed by atoms with E-state index in [9.17, 15) is 4.79 Å². The van der Waals surface area contributed by atoms with E-state index in [1.165, 1.54) is 0 Å². The van der Waals surface area contributed by atoms with Gasteiger partial charge in [-0.05, 0) is 23.8 Å². The molecule has 1 aliphatic heterocycles. The lowest BCUT2D eigenvalue weighted by Gasteiger charge is -2.16. The van der Waals surface area contributed by atoms with Gasteiger partial charge in [0.2, 0.25) is 5.88 Å². The number of amides is 1. The molecule has 2 aromatic rings. The maximum absolute atomic E-state index is 11.1. The van der Waals surface area contributed by atoms with Crippen LogP contribution >= 0.6 is 0 Å². The van der Waals surface area contributed by atoms with Crippen LogP contribution in [0.4, 0.5) is 5.69 Å². The molecule has 4 heteroatoms. The summed E-state index contributed by atoms with van der Waals surface area (Å²) in [6.07, 6.45) is 3.89. The van der Waals surface area contributed by atoms with Gasteiger partial charge in [0.15, 0.2) is 6.61 Å². The smallest absolute Gasteiger partial charge is 0.262 e. The number of anilines is 1. The molecule has 0 atom stereocenters. The van der Waals surface area contributed by atoms with Crippen molar-refractivity contribution in [2.75, 3.05) is 11.9 Å². The average molecular weight is 252 g/mol. The predicted molar refractivity (Wildman–Crippen MR) is 73.7 cm³/mol. The van der Waals surface area contributed by atoms with Crippen LogP contribution in [0.5, 0.6) is 5.88 Å². The third-order valence-corrected chi connectivity index (χ3v) is 2.74. The molecule has 0 bridgehead atoms. The molecule has 94 valence electrons. The van der Waals surface area contributed by atoms with E-state index in [0.717, 1.165) is 11.3 Å². The quantitative estimate of drug-likeness (QED) is 0.893. The van der Waals surface area contributed by atoms with Crippen molar-refractivity contribution in [3.63, 3.8) is 0 Å². The molecule has 19 heavy (non-hydrogen) atoms. The van der Waals surface area contributed by atoms with Crippen LogP contribution in [0.2, 0.25) is 0 Å². The molecule has 0 saturated heterocycles. The second-order valence-electron chi connectivity index (χ2n) is 4.17. The van der Waals surface area contributed by atoms with E-state index in [2.05, 4.69) is 10.3 Å². The Morgan fingerprint density at radius 2 is 1.95 bits per heavy atom. The Morgan fingerprint density at radius 3 is 2.79 bits per heavy atom. The van der Waals surface area contributed by atoms with E-state index < -0.39 is 0 Å². The van der Waals surface area contributed by atoms with Gasteiger partial charge in [-0.25, -0.2) is 4.98 Å². The number of nitrogens with zero attached hydrogens (tertiary/aromatic N) is 1. The van der Waals surface area contributed by atoms with Crippen molar-refractivity contribution in [2.45, 2.75) is 0 Å². The molecule has 1 aromatic heterocycles. The topological polar surface area (TPSA) is 51.2 Å². The normalized spacial score (nSPS) is 13.8. The van der Waals surface area contributed by atoms with Crippen molar-refractivity contribution in [3.8, 4) is 5.88 Å².